The van der Waals surface area contributed by atoms with Crippen molar-refractivity contribution in [3.8, 4) is 11.5 Å². The molecule has 3 N–H and O–H groups in total. The van der Waals surface area contributed by atoms with Gasteiger partial charge in [-0.15, -0.1) is 0 Å². The van der Waals surface area contributed by atoms with Crippen LogP contribution in [0, 0.1) is 18.8 Å². The smallest absolute Gasteiger partial charge is 0.306 e. The molecular weight excluding hydrogens is 460 g/mol. The van der Waals surface area contributed by atoms with Crippen molar-refractivity contribution in [1.82, 2.24) is 10.6 Å². The summed E-state index contributed by atoms with van der Waals surface area (Å²) >= 11 is 0. The predicted octanol–water partition coefficient (Wildman–Crippen LogP) is 3.97. The molecule has 2 aromatic carbocycles. The van der Waals surface area contributed by atoms with Crippen LogP contribution in [-0.4, -0.2) is 48.7 Å². The van der Waals surface area contributed by atoms with Gasteiger partial charge in [-0.1, -0.05) is 0 Å². The number of aliphatic carboxylic acids is 1. The van der Waals surface area contributed by atoms with E-state index in [2.05, 4.69) is 10.6 Å². The van der Waals surface area contributed by atoms with Crippen LogP contribution in [0.15, 0.2) is 42.5 Å². The van der Waals surface area contributed by atoms with Gasteiger partial charge in [0.2, 0.25) is 0 Å². The molecule has 0 heterocycles. The first kappa shape index (κ1) is 25.5. The molecule has 0 aliphatic heterocycles. The van der Waals surface area contributed by atoms with Gasteiger partial charge in [-0.05, 0) is 99.4 Å². The minimum Gasteiger partial charge on any atom is -0.493 e. The van der Waals surface area contributed by atoms with Crippen LogP contribution in [0.2, 0.25) is 0 Å². The number of amides is 2. The lowest BCUT2D eigenvalue weighted by Gasteiger charge is -2.27. The van der Waals surface area contributed by atoms with Crippen LogP contribution in [0.3, 0.4) is 0 Å². The Morgan fingerprint density at radius 2 is 1.50 bits per heavy atom. The van der Waals surface area contributed by atoms with E-state index in [0.29, 0.717) is 61.6 Å². The molecule has 192 valence electrons. The number of benzene rings is 2. The Labute approximate surface area is 211 Å². The van der Waals surface area contributed by atoms with E-state index in [1.807, 2.05) is 13.0 Å². The SMILES string of the molecule is Cc1cc(O[C@H]2CC[C@@H](C(=O)O)CC2)ccc1C(=O)NCCNC(=O)c1ccc(OCC2CC2)cc1. The first-order chi connectivity index (χ1) is 17.4. The van der Waals surface area contributed by atoms with E-state index in [9.17, 15) is 14.4 Å². The zero-order chi connectivity index (χ0) is 25.5. The highest BCUT2D eigenvalue weighted by Gasteiger charge is 2.27. The maximum Gasteiger partial charge on any atom is 0.306 e. The third-order valence-corrected chi connectivity index (χ3v) is 6.76. The highest BCUT2D eigenvalue weighted by Crippen LogP contribution is 2.30. The summed E-state index contributed by atoms with van der Waals surface area (Å²) in [6, 6.07) is 12.4. The van der Waals surface area contributed by atoms with Crippen LogP contribution in [0.25, 0.3) is 0 Å². The molecule has 0 saturated heterocycles. The lowest BCUT2D eigenvalue weighted by molar-refractivity contribution is -0.143. The second-order valence-electron chi connectivity index (χ2n) is 9.70. The second-order valence-corrected chi connectivity index (χ2v) is 9.70. The summed E-state index contributed by atoms with van der Waals surface area (Å²) < 4.78 is 11.7. The van der Waals surface area contributed by atoms with E-state index in [-0.39, 0.29) is 23.8 Å². The molecule has 0 aromatic heterocycles. The third-order valence-electron chi connectivity index (χ3n) is 6.76. The van der Waals surface area contributed by atoms with Gasteiger partial charge in [-0.2, -0.15) is 0 Å². The van der Waals surface area contributed by atoms with E-state index in [1.54, 1.807) is 36.4 Å². The van der Waals surface area contributed by atoms with Crippen molar-refractivity contribution in [2.24, 2.45) is 11.8 Å². The van der Waals surface area contributed by atoms with Crippen LogP contribution in [0.1, 0.15) is 64.8 Å². The number of carbonyl (C=O) groups excluding carboxylic acids is 2. The highest BCUT2D eigenvalue weighted by molar-refractivity contribution is 5.96. The van der Waals surface area contributed by atoms with Crippen LogP contribution < -0.4 is 20.1 Å². The number of ether oxygens (including phenoxy) is 2. The molecule has 2 aliphatic carbocycles. The summed E-state index contributed by atoms with van der Waals surface area (Å²) in [5, 5.41) is 14.8. The summed E-state index contributed by atoms with van der Waals surface area (Å²) in [6.07, 6.45) is 5.12. The number of aryl methyl sites for hydroxylation is 1. The topological polar surface area (TPSA) is 114 Å². The standard InChI is InChI=1S/C28H34N2O6/c1-18-16-24(36-23-10-6-21(7-11-23)28(33)34)12-13-25(18)27(32)30-15-14-29-26(31)20-4-8-22(9-5-20)35-17-19-2-3-19/h4-5,8-9,12-13,16,19,21,23H,2-3,6-7,10-11,14-15,17H2,1H3,(H,29,31)(H,30,32)(H,33,34)/t21-,23+. The molecule has 0 atom stereocenters. The maximum atomic E-state index is 12.6. The van der Waals surface area contributed by atoms with E-state index in [4.69, 9.17) is 14.6 Å². The molecule has 2 aromatic rings. The molecule has 2 saturated carbocycles. The average Bonchev–Trinajstić information content (AvgIpc) is 3.70. The molecule has 0 unspecified atom stereocenters. The Morgan fingerprint density at radius 3 is 2.11 bits per heavy atom. The molecule has 0 radical (unpaired) electrons. The minimum atomic E-state index is -0.734. The molecule has 2 fully saturated rings. The number of carboxylic acids is 1. The fourth-order valence-corrected chi connectivity index (χ4v) is 4.33. The number of nitrogens with one attached hydrogen (secondary N) is 2. The number of hydrogen-bond acceptors (Lipinski definition) is 5. The lowest BCUT2D eigenvalue weighted by Crippen LogP contribution is -2.35. The Bertz CT molecular complexity index is 1070. The fraction of sp³-hybridized carbons (Fsp3) is 0.464. The van der Waals surface area contributed by atoms with E-state index in [0.717, 1.165) is 17.9 Å². The highest BCUT2D eigenvalue weighted by atomic mass is 16.5. The number of carboxylic acid groups (broad SMARTS) is 1. The molecule has 0 spiro atoms. The van der Waals surface area contributed by atoms with Crippen LogP contribution in [-0.2, 0) is 4.79 Å². The van der Waals surface area contributed by atoms with Crippen molar-refractivity contribution in [3.63, 3.8) is 0 Å². The van der Waals surface area contributed by atoms with Gasteiger partial charge in [0.15, 0.2) is 0 Å². The molecule has 36 heavy (non-hydrogen) atoms. The average molecular weight is 495 g/mol. The van der Waals surface area contributed by atoms with E-state index >= 15 is 0 Å². The summed E-state index contributed by atoms with van der Waals surface area (Å²) in [7, 11) is 0. The molecule has 4 rings (SSSR count). The predicted molar refractivity (Wildman–Crippen MR) is 135 cm³/mol. The molecular formula is C28H34N2O6. The molecule has 8 heteroatoms. The molecule has 2 aliphatic rings. The zero-order valence-corrected chi connectivity index (χ0v) is 20.6. The van der Waals surface area contributed by atoms with Crippen molar-refractivity contribution >= 4 is 17.8 Å². The normalized spacial score (nSPS) is 19.2. The quantitative estimate of drug-likeness (QED) is 0.408. The Kier molecular flexibility index (Phi) is 8.46. The summed E-state index contributed by atoms with van der Waals surface area (Å²) in [5.74, 6) is 0.694. The zero-order valence-electron chi connectivity index (χ0n) is 20.6. The summed E-state index contributed by atoms with van der Waals surface area (Å²) in [5.41, 5.74) is 1.88. The van der Waals surface area contributed by atoms with Crippen LogP contribution in [0.4, 0.5) is 0 Å². The van der Waals surface area contributed by atoms with Crippen molar-refractivity contribution in [3.05, 3.63) is 59.2 Å². The van der Waals surface area contributed by atoms with Gasteiger partial charge in [0.25, 0.3) is 11.8 Å². The Morgan fingerprint density at radius 1 is 0.861 bits per heavy atom. The third kappa shape index (κ3) is 7.23. The van der Waals surface area contributed by atoms with Gasteiger partial charge in [0.1, 0.15) is 11.5 Å². The van der Waals surface area contributed by atoms with Crippen LogP contribution >= 0.6 is 0 Å². The monoisotopic (exact) mass is 494 g/mol. The molecule has 2 amide bonds. The number of hydrogen-bond donors (Lipinski definition) is 3. The van der Waals surface area contributed by atoms with Gasteiger partial charge in [-0.25, -0.2) is 0 Å². The lowest BCUT2D eigenvalue weighted by atomic mass is 9.87. The van der Waals surface area contributed by atoms with Crippen molar-refractivity contribution < 1.29 is 29.0 Å². The Balaban J connectivity index is 1.17. The maximum absolute atomic E-state index is 12.6. The van der Waals surface area contributed by atoms with Gasteiger partial charge < -0.3 is 25.2 Å². The molecule has 8 nitrogen and oxygen atoms in total. The summed E-state index contributed by atoms with van der Waals surface area (Å²) in [4.78, 5) is 36.0. The first-order valence-corrected chi connectivity index (χ1v) is 12.7. The van der Waals surface area contributed by atoms with Gasteiger partial charge in [0, 0.05) is 24.2 Å². The molecule has 0 bridgehead atoms. The van der Waals surface area contributed by atoms with E-state index < -0.39 is 5.97 Å². The van der Waals surface area contributed by atoms with Crippen LogP contribution in [0.5, 0.6) is 11.5 Å². The van der Waals surface area contributed by atoms with Gasteiger partial charge in [-0.3, -0.25) is 14.4 Å². The van der Waals surface area contributed by atoms with Gasteiger partial charge in [0.05, 0.1) is 18.6 Å². The van der Waals surface area contributed by atoms with Crippen molar-refractivity contribution in [2.75, 3.05) is 19.7 Å². The number of rotatable bonds is 11. The second kappa shape index (κ2) is 11.9. The van der Waals surface area contributed by atoms with Crippen molar-refractivity contribution in [1.29, 1.82) is 0 Å². The Hall–Kier alpha value is -3.55. The number of carbonyl (C=O) groups is 3. The van der Waals surface area contributed by atoms with Crippen molar-refractivity contribution in [2.45, 2.75) is 51.6 Å². The fourth-order valence-electron chi connectivity index (χ4n) is 4.33. The first-order valence-electron chi connectivity index (χ1n) is 12.7. The minimum absolute atomic E-state index is 0.00486. The summed E-state index contributed by atoms with van der Waals surface area (Å²) in [6.45, 7) is 3.19. The van der Waals surface area contributed by atoms with E-state index in [1.165, 1.54) is 12.8 Å². The largest absolute Gasteiger partial charge is 0.493 e. The van der Waals surface area contributed by atoms with Gasteiger partial charge >= 0.3 is 5.97 Å².